The Bertz CT molecular complexity index is 1180. The van der Waals surface area contributed by atoms with Gasteiger partial charge in [0.2, 0.25) is 5.91 Å². The smallest absolute Gasteiger partial charge is 0.255 e. The second kappa shape index (κ2) is 9.35. The zero-order chi connectivity index (χ0) is 23.7. The van der Waals surface area contributed by atoms with E-state index in [-0.39, 0.29) is 30.1 Å². The lowest BCUT2D eigenvalue weighted by molar-refractivity contribution is -0.123. The number of carbonyl (C=O) groups is 2. The number of imidazole rings is 1. The number of fused-ring (bicyclic) bond motifs is 1. The van der Waals surface area contributed by atoms with Gasteiger partial charge in [-0.2, -0.15) is 0 Å². The van der Waals surface area contributed by atoms with Gasteiger partial charge in [-0.15, -0.1) is 0 Å². The van der Waals surface area contributed by atoms with Crippen molar-refractivity contribution < 1.29 is 14.3 Å². The fraction of sp³-hybridized carbons (Fsp3) is 0.423. The Morgan fingerprint density at radius 1 is 1.15 bits per heavy atom. The molecule has 2 amide bonds. The van der Waals surface area contributed by atoms with Crippen LogP contribution in [0.1, 0.15) is 61.5 Å². The fourth-order valence-electron chi connectivity index (χ4n) is 4.49. The summed E-state index contributed by atoms with van der Waals surface area (Å²) in [5.74, 6) is 1.04. The van der Waals surface area contributed by atoms with Crippen LogP contribution < -0.4 is 10.6 Å². The van der Waals surface area contributed by atoms with Gasteiger partial charge in [-0.05, 0) is 61.6 Å². The van der Waals surface area contributed by atoms with Gasteiger partial charge in [0.1, 0.15) is 5.82 Å². The summed E-state index contributed by atoms with van der Waals surface area (Å²) in [5.41, 5.74) is 4.06. The second-order valence-corrected chi connectivity index (χ2v) is 9.28. The molecule has 1 saturated heterocycles. The topological polar surface area (TPSA) is 85.3 Å². The highest BCUT2D eigenvalue weighted by molar-refractivity contribution is 6.06. The molecule has 2 aromatic carbocycles. The van der Waals surface area contributed by atoms with E-state index < -0.39 is 0 Å². The Kier molecular flexibility index (Phi) is 6.51. The molecule has 7 nitrogen and oxygen atoms in total. The maximum absolute atomic E-state index is 12.9. The lowest BCUT2D eigenvalue weighted by Gasteiger charge is -2.38. The van der Waals surface area contributed by atoms with Gasteiger partial charge in [0.25, 0.3) is 5.91 Å². The van der Waals surface area contributed by atoms with Crippen LogP contribution in [0.2, 0.25) is 0 Å². The largest absolute Gasteiger partial charge is 0.370 e. The van der Waals surface area contributed by atoms with Crippen LogP contribution >= 0.6 is 0 Å². The Morgan fingerprint density at radius 2 is 1.94 bits per heavy atom. The number of anilines is 1. The molecule has 0 bridgehead atoms. The third-order valence-electron chi connectivity index (χ3n) is 6.39. The molecule has 4 rings (SSSR count). The first kappa shape index (κ1) is 23.0. The van der Waals surface area contributed by atoms with Crippen molar-refractivity contribution in [3.05, 3.63) is 59.4 Å². The average Bonchev–Trinajstić information content (AvgIpc) is 3.06. The van der Waals surface area contributed by atoms with E-state index in [0.717, 1.165) is 28.8 Å². The summed E-state index contributed by atoms with van der Waals surface area (Å²) in [5, 5.41) is 6.06. The van der Waals surface area contributed by atoms with E-state index in [1.165, 1.54) is 0 Å². The number of nitrogens with one attached hydrogen (secondary N) is 2. The first-order chi connectivity index (χ1) is 15.7. The van der Waals surface area contributed by atoms with E-state index in [1.54, 1.807) is 6.92 Å². The average molecular weight is 449 g/mol. The van der Waals surface area contributed by atoms with E-state index in [2.05, 4.69) is 29.5 Å². The number of amides is 2. The molecule has 33 heavy (non-hydrogen) atoms. The van der Waals surface area contributed by atoms with Crippen LogP contribution in [0.15, 0.2) is 42.5 Å². The summed E-state index contributed by atoms with van der Waals surface area (Å²) in [6.45, 7) is 7.76. The monoisotopic (exact) mass is 448 g/mol. The van der Waals surface area contributed by atoms with Crippen LogP contribution in [0.4, 0.5) is 5.69 Å². The van der Waals surface area contributed by atoms with Crippen LogP contribution in [-0.2, 0) is 16.6 Å². The summed E-state index contributed by atoms with van der Waals surface area (Å²) in [6.07, 6.45) is 1.43. The van der Waals surface area contributed by atoms with Crippen LogP contribution in [0, 0.1) is 12.8 Å². The van der Waals surface area contributed by atoms with Crippen molar-refractivity contribution in [2.75, 3.05) is 5.32 Å². The zero-order valence-electron chi connectivity index (χ0n) is 19.9. The zero-order valence-corrected chi connectivity index (χ0v) is 19.9. The normalized spacial score (nSPS) is 20.7. The Morgan fingerprint density at radius 3 is 2.67 bits per heavy atom. The maximum atomic E-state index is 12.9. The number of hydrogen-bond donors (Lipinski definition) is 2. The van der Waals surface area contributed by atoms with Gasteiger partial charge in [-0.3, -0.25) is 9.59 Å². The molecule has 3 aromatic rings. The number of benzene rings is 2. The molecule has 0 aliphatic carbocycles. The first-order valence-corrected chi connectivity index (χ1v) is 11.5. The molecule has 1 aliphatic heterocycles. The van der Waals surface area contributed by atoms with Crippen LogP contribution in [0.25, 0.3) is 11.0 Å². The van der Waals surface area contributed by atoms with Gasteiger partial charge in [0.15, 0.2) is 0 Å². The molecule has 0 radical (unpaired) electrons. The molecule has 0 saturated carbocycles. The second-order valence-electron chi connectivity index (χ2n) is 9.28. The Hall–Kier alpha value is -3.19. The van der Waals surface area contributed by atoms with Gasteiger partial charge in [-0.1, -0.05) is 26.0 Å². The van der Waals surface area contributed by atoms with E-state index in [1.807, 2.05) is 61.0 Å². The van der Waals surface area contributed by atoms with Crippen LogP contribution in [0.3, 0.4) is 0 Å². The number of aromatic nitrogens is 2. The van der Waals surface area contributed by atoms with Gasteiger partial charge < -0.3 is 19.9 Å². The molecule has 1 aromatic heterocycles. The van der Waals surface area contributed by atoms with Crippen molar-refractivity contribution >= 4 is 28.5 Å². The minimum Gasteiger partial charge on any atom is -0.370 e. The molecule has 1 fully saturated rings. The summed E-state index contributed by atoms with van der Waals surface area (Å²) >= 11 is 0. The highest BCUT2D eigenvalue weighted by atomic mass is 16.5. The van der Waals surface area contributed by atoms with Crippen molar-refractivity contribution in [3.63, 3.8) is 0 Å². The van der Waals surface area contributed by atoms with Crippen molar-refractivity contribution in [1.29, 1.82) is 0 Å². The predicted molar refractivity (Wildman–Crippen MR) is 129 cm³/mol. The Labute approximate surface area is 194 Å². The number of rotatable bonds is 5. The number of ether oxygens (including phenoxy) is 1. The van der Waals surface area contributed by atoms with Crippen LogP contribution in [-0.4, -0.2) is 33.5 Å². The molecule has 0 unspecified atom stereocenters. The summed E-state index contributed by atoms with van der Waals surface area (Å²) in [4.78, 5) is 29.1. The minimum absolute atomic E-state index is 0.0239. The quantitative estimate of drug-likeness (QED) is 0.601. The van der Waals surface area contributed by atoms with Crippen molar-refractivity contribution in [3.8, 4) is 0 Å². The van der Waals surface area contributed by atoms with E-state index in [4.69, 9.17) is 4.74 Å². The molecular weight excluding hydrogens is 416 g/mol. The molecule has 7 heteroatoms. The Balaban J connectivity index is 1.52. The highest BCUT2D eigenvalue weighted by Gasteiger charge is 2.32. The van der Waals surface area contributed by atoms with Crippen molar-refractivity contribution in [1.82, 2.24) is 14.9 Å². The fourth-order valence-corrected chi connectivity index (χ4v) is 4.49. The number of aryl methyl sites for hydroxylation is 2. The van der Waals surface area contributed by atoms with Gasteiger partial charge in [0, 0.05) is 31.3 Å². The molecule has 1 aliphatic rings. The molecule has 3 atom stereocenters. The van der Waals surface area contributed by atoms with E-state index >= 15 is 0 Å². The van der Waals surface area contributed by atoms with Gasteiger partial charge in [-0.25, -0.2) is 4.98 Å². The predicted octanol–water partition coefficient (Wildman–Crippen LogP) is 4.51. The minimum atomic E-state index is -0.182. The lowest BCUT2D eigenvalue weighted by Crippen LogP contribution is -2.43. The lowest BCUT2D eigenvalue weighted by atomic mass is 9.89. The molecule has 174 valence electrons. The standard InChI is InChI=1S/C26H32N4O3/c1-15(2)24-13-21(28-17(4)31)14-25(33-24)18-7-6-8-20(11-18)29-26(32)19-9-10-23-22(12-19)27-16(3)30(23)5/h6-12,15,21,24-25H,13-14H2,1-5H3,(H,28,31)(H,29,32)/t21-,24-,25+/m1/s1. The number of nitrogens with zero attached hydrogens (tertiary/aromatic N) is 2. The molecular formula is C26H32N4O3. The third-order valence-corrected chi connectivity index (χ3v) is 6.39. The van der Waals surface area contributed by atoms with E-state index in [9.17, 15) is 9.59 Å². The summed E-state index contributed by atoms with van der Waals surface area (Å²) in [7, 11) is 1.96. The highest BCUT2D eigenvalue weighted by Crippen LogP contribution is 2.35. The van der Waals surface area contributed by atoms with Crippen molar-refractivity contribution in [2.24, 2.45) is 13.0 Å². The van der Waals surface area contributed by atoms with Crippen LogP contribution in [0.5, 0.6) is 0 Å². The first-order valence-electron chi connectivity index (χ1n) is 11.5. The number of carbonyl (C=O) groups excluding carboxylic acids is 2. The van der Waals surface area contributed by atoms with Gasteiger partial charge in [0.05, 0.1) is 23.2 Å². The molecule has 2 N–H and O–H groups in total. The van der Waals surface area contributed by atoms with E-state index in [0.29, 0.717) is 23.6 Å². The molecule has 0 spiro atoms. The number of hydrogen-bond acceptors (Lipinski definition) is 4. The summed E-state index contributed by atoms with van der Waals surface area (Å²) < 4.78 is 8.38. The third kappa shape index (κ3) is 5.09. The van der Waals surface area contributed by atoms with Crippen molar-refractivity contribution in [2.45, 2.75) is 58.8 Å². The van der Waals surface area contributed by atoms with Gasteiger partial charge >= 0.3 is 0 Å². The maximum Gasteiger partial charge on any atom is 0.255 e. The SMILES string of the molecule is CC(=O)N[C@H]1C[C@@H](c2cccc(NC(=O)c3ccc4c(c3)nc(C)n4C)c2)O[C@@H](C(C)C)C1. The summed E-state index contributed by atoms with van der Waals surface area (Å²) in [6, 6.07) is 13.4. The molecule has 2 heterocycles.